The van der Waals surface area contributed by atoms with Crippen molar-refractivity contribution < 1.29 is 9.53 Å². The lowest BCUT2D eigenvalue weighted by atomic mass is 10.1. The maximum Gasteiger partial charge on any atom is 0.243 e. The highest BCUT2D eigenvalue weighted by molar-refractivity contribution is 14.0. The van der Waals surface area contributed by atoms with Gasteiger partial charge in [0.05, 0.1) is 24.4 Å². The number of aromatic nitrogens is 2. The Balaban J connectivity index is 0.00000256. The molecule has 4 rings (SSSR count). The van der Waals surface area contributed by atoms with Gasteiger partial charge < -0.3 is 19.9 Å². The summed E-state index contributed by atoms with van der Waals surface area (Å²) in [5.41, 5.74) is 1.16. The van der Waals surface area contributed by atoms with E-state index in [0.29, 0.717) is 12.0 Å². The number of likely N-dealkylation sites (N-methyl/N-ethyl adjacent to an activating group) is 1. The number of carbonyl (C=O) groups excluding carboxylic acids is 1. The number of halogens is 1. The lowest BCUT2D eigenvalue weighted by Gasteiger charge is -2.23. The number of likely N-dealkylation sites (tertiary alicyclic amines) is 1. The van der Waals surface area contributed by atoms with Crippen molar-refractivity contribution in [1.29, 1.82) is 0 Å². The Morgan fingerprint density at radius 2 is 2.17 bits per heavy atom. The molecule has 2 saturated heterocycles. The molecule has 1 N–H and O–H groups in total. The van der Waals surface area contributed by atoms with Gasteiger partial charge >= 0.3 is 0 Å². The van der Waals surface area contributed by atoms with Crippen molar-refractivity contribution in [3.63, 3.8) is 0 Å². The number of guanidine groups is 1. The van der Waals surface area contributed by atoms with Crippen LogP contribution < -0.4 is 5.32 Å². The zero-order valence-electron chi connectivity index (χ0n) is 17.7. The minimum atomic E-state index is 0. The molecule has 1 aromatic heterocycles. The van der Waals surface area contributed by atoms with Gasteiger partial charge in [0, 0.05) is 51.6 Å². The van der Waals surface area contributed by atoms with Gasteiger partial charge in [-0.25, -0.2) is 4.99 Å². The maximum atomic E-state index is 12.1. The molecule has 1 amide bonds. The van der Waals surface area contributed by atoms with Gasteiger partial charge in [-0.3, -0.25) is 9.48 Å². The number of hydrogen-bond acceptors (Lipinski definition) is 4. The minimum absolute atomic E-state index is 0. The van der Waals surface area contributed by atoms with Crippen LogP contribution in [0.3, 0.4) is 0 Å². The fraction of sp³-hybridized carbons (Fsp3) is 0.571. The summed E-state index contributed by atoms with van der Waals surface area (Å²) in [6, 6.07) is 8.60. The first kappa shape index (κ1) is 22.8. The minimum Gasteiger partial charge on any atom is -0.381 e. The summed E-state index contributed by atoms with van der Waals surface area (Å²) in [6.45, 7) is 4.31. The molecule has 2 fully saturated rings. The number of fused-ring (bicyclic) bond motifs is 1. The van der Waals surface area contributed by atoms with E-state index in [0.717, 1.165) is 62.6 Å². The highest BCUT2D eigenvalue weighted by atomic mass is 127. The predicted octanol–water partition coefficient (Wildman–Crippen LogP) is 1.97. The third-order valence-corrected chi connectivity index (χ3v) is 5.75. The van der Waals surface area contributed by atoms with Crippen LogP contribution in [-0.4, -0.2) is 84.9 Å². The molecule has 2 aromatic rings. The van der Waals surface area contributed by atoms with Crippen LogP contribution in [0.25, 0.3) is 10.9 Å². The third-order valence-electron chi connectivity index (χ3n) is 5.75. The van der Waals surface area contributed by atoms with E-state index in [4.69, 9.17) is 4.74 Å². The van der Waals surface area contributed by atoms with E-state index >= 15 is 0 Å². The van der Waals surface area contributed by atoms with E-state index in [9.17, 15) is 4.79 Å². The average Bonchev–Trinajstić information content (AvgIpc) is 3.47. The molecule has 164 valence electrons. The molecule has 3 heterocycles. The first-order valence-corrected chi connectivity index (χ1v) is 10.3. The number of carbonyl (C=O) groups is 1. The molecule has 0 saturated carbocycles. The Morgan fingerprint density at radius 1 is 1.33 bits per heavy atom. The molecule has 30 heavy (non-hydrogen) atoms. The number of aliphatic imine (C=N–C) groups is 1. The lowest BCUT2D eigenvalue weighted by Crippen LogP contribution is -2.43. The van der Waals surface area contributed by atoms with Gasteiger partial charge in [0.15, 0.2) is 5.96 Å². The standard InChI is InChI=1S/C21H30N6O2.HI/c1-25(2)20(28)13-23-21(22-11-16-8-10-29-15-16)26-9-7-18(14-26)27-19-6-4-3-5-17(19)12-24-27;/h3-6,12,16,18H,7-11,13-15H2,1-2H3,(H,22,23);1H. The lowest BCUT2D eigenvalue weighted by molar-refractivity contribution is -0.127. The van der Waals surface area contributed by atoms with E-state index in [2.05, 4.69) is 43.2 Å². The van der Waals surface area contributed by atoms with Gasteiger partial charge in [0.25, 0.3) is 0 Å². The second kappa shape index (κ2) is 10.4. The normalized spacial score (nSPS) is 21.7. The van der Waals surface area contributed by atoms with Crippen LogP contribution in [-0.2, 0) is 9.53 Å². The smallest absolute Gasteiger partial charge is 0.243 e. The van der Waals surface area contributed by atoms with E-state index < -0.39 is 0 Å². The Labute approximate surface area is 194 Å². The zero-order chi connectivity index (χ0) is 20.2. The summed E-state index contributed by atoms with van der Waals surface area (Å²) in [5, 5.41) is 9.29. The zero-order valence-corrected chi connectivity index (χ0v) is 20.0. The highest BCUT2D eigenvalue weighted by Gasteiger charge is 2.28. The fourth-order valence-corrected chi connectivity index (χ4v) is 3.95. The van der Waals surface area contributed by atoms with Crippen LogP contribution in [0.15, 0.2) is 35.5 Å². The van der Waals surface area contributed by atoms with Crippen LogP contribution in [0, 0.1) is 5.92 Å². The number of para-hydroxylation sites is 1. The number of rotatable bonds is 5. The van der Waals surface area contributed by atoms with Gasteiger partial charge in [-0.1, -0.05) is 18.2 Å². The van der Waals surface area contributed by atoms with Crippen molar-refractivity contribution in [2.45, 2.75) is 18.9 Å². The van der Waals surface area contributed by atoms with E-state index in [1.54, 1.807) is 19.0 Å². The van der Waals surface area contributed by atoms with E-state index in [1.807, 2.05) is 12.3 Å². The molecule has 2 aliphatic rings. The van der Waals surface area contributed by atoms with Crippen LogP contribution in [0.4, 0.5) is 0 Å². The molecule has 1 aromatic carbocycles. The molecule has 0 aliphatic carbocycles. The van der Waals surface area contributed by atoms with Crippen molar-refractivity contribution >= 4 is 46.7 Å². The number of nitrogens with one attached hydrogen (secondary N) is 1. The molecule has 2 aliphatic heterocycles. The van der Waals surface area contributed by atoms with Crippen molar-refractivity contribution in [2.75, 3.05) is 53.5 Å². The monoisotopic (exact) mass is 526 g/mol. The summed E-state index contributed by atoms with van der Waals surface area (Å²) in [5.74, 6) is 1.31. The van der Waals surface area contributed by atoms with Crippen molar-refractivity contribution in [1.82, 2.24) is 24.9 Å². The first-order chi connectivity index (χ1) is 14.1. The molecule has 0 radical (unpaired) electrons. The number of amides is 1. The fourth-order valence-electron chi connectivity index (χ4n) is 3.95. The third kappa shape index (κ3) is 5.23. The molecule has 2 unspecified atom stereocenters. The predicted molar refractivity (Wildman–Crippen MR) is 128 cm³/mol. The van der Waals surface area contributed by atoms with Gasteiger partial charge in [-0.05, 0) is 18.9 Å². The number of benzene rings is 1. The summed E-state index contributed by atoms with van der Waals surface area (Å²) < 4.78 is 7.61. The largest absolute Gasteiger partial charge is 0.381 e. The Morgan fingerprint density at radius 3 is 2.93 bits per heavy atom. The molecular weight excluding hydrogens is 495 g/mol. The van der Waals surface area contributed by atoms with E-state index in [1.165, 1.54) is 0 Å². The Kier molecular flexibility index (Phi) is 7.93. The molecular formula is C21H31IN6O2. The van der Waals surface area contributed by atoms with Gasteiger partial charge in [-0.2, -0.15) is 5.10 Å². The SMILES string of the molecule is CN(C)C(=O)CN=C(NCC1CCOC1)N1CCC(n2ncc3ccccc32)C1.I. The summed E-state index contributed by atoms with van der Waals surface area (Å²) in [7, 11) is 3.52. The van der Waals surface area contributed by atoms with Crippen molar-refractivity contribution in [3.05, 3.63) is 30.5 Å². The molecule has 0 spiro atoms. The summed E-state index contributed by atoms with van der Waals surface area (Å²) in [6.07, 6.45) is 4.00. The van der Waals surface area contributed by atoms with Crippen LogP contribution in [0.1, 0.15) is 18.9 Å². The Bertz CT molecular complexity index is 877. The Hall–Kier alpha value is -1.88. The molecule has 8 nitrogen and oxygen atoms in total. The van der Waals surface area contributed by atoms with Crippen LogP contribution in [0.2, 0.25) is 0 Å². The molecule has 2 atom stereocenters. The van der Waals surface area contributed by atoms with Crippen LogP contribution in [0.5, 0.6) is 0 Å². The highest BCUT2D eigenvalue weighted by Crippen LogP contribution is 2.25. The second-order valence-electron chi connectivity index (χ2n) is 8.07. The number of hydrogen-bond donors (Lipinski definition) is 1. The quantitative estimate of drug-likeness (QED) is 0.367. The summed E-state index contributed by atoms with van der Waals surface area (Å²) in [4.78, 5) is 20.5. The van der Waals surface area contributed by atoms with E-state index in [-0.39, 0.29) is 36.4 Å². The van der Waals surface area contributed by atoms with Crippen molar-refractivity contribution in [2.24, 2.45) is 10.9 Å². The van der Waals surface area contributed by atoms with Gasteiger partial charge in [0.1, 0.15) is 6.54 Å². The second-order valence-corrected chi connectivity index (χ2v) is 8.07. The van der Waals surface area contributed by atoms with Gasteiger partial charge in [-0.15, -0.1) is 24.0 Å². The van der Waals surface area contributed by atoms with Crippen molar-refractivity contribution in [3.8, 4) is 0 Å². The maximum absolute atomic E-state index is 12.1. The number of nitrogens with zero attached hydrogens (tertiary/aromatic N) is 5. The van der Waals surface area contributed by atoms with Gasteiger partial charge in [0.2, 0.25) is 5.91 Å². The van der Waals surface area contributed by atoms with Crippen LogP contribution >= 0.6 is 24.0 Å². The first-order valence-electron chi connectivity index (χ1n) is 10.3. The topological polar surface area (TPSA) is 75.0 Å². The molecule has 0 bridgehead atoms. The average molecular weight is 526 g/mol. The summed E-state index contributed by atoms with van der Waals surface area (Å²) >= 11 is 0. The number of ether oxygens (including phenoxy) is 1. The molecule has 9 heteroatoms.